The Morgan fingerprint density at radius 3 is 2.35 bits per heavy atom. The Bertz CT molecular complexity index is 607. The van der Waals surface area contributed by atoms with Crippen LogP contribution in [-0.2, 0) is 20.9 Å². The molecule has 0 radical (unpaired) electrons. The summed E-state index contributed by atoms with van der Waals surface area (Å²) in [4.78, 5) is 4.18. The van der Waals surface area contributed by atoms with Gasteiger partial charge in [-0.1, -0.05) is 26.8 Å². The summed E-state index contributed by atoms with van der Waals surface area (Å²) >= 11 is 0. The van der Waals surface area contributed by atoms with Crippen molar-refractivity contribution in [2.45, 2.75) is 65.3 Å². The van der Waals surface area contributed by atoms with Gasteiger partial charge >= 0.3 is 0 Å². The average Bonchev–Trinajstić information content (AvgIpc) is 2.39. The van der Waals surface area contributed by atoms with Gasteiger partial charge in [0.25, 0.3) is 0 Å². The van der Waals surface area contributed by atoms with Gasteiger partial charge in [-0.05, 0) is 50.0 Å². The molecule has 1 aromatic rings. The summed E-state index contributed by atoms with van der Waals surface area (Å²) in [6, 6.07) is 3.59. The van der Waals surface area contributed by atoms with Crippen molar-refractivity contribution in [1.29, 1.82) is 0 Å². The highest BCUT2D eigenvalue weighted by atomic mass is 32.2. The van der Waals surface area contributed by atoms with Crippen LogP contribution in [-0.4, -0.2) is 33.6 Å². The molecule has 1 heterocycles. The first-order valence-electron chi connectivity index (χ1n) is 7.99. The van der Waals surface area contributed by atoms with Crippen LogP contribution < -0.4 is 4.72 Å². The van der Waals surface area contributed by atoms with Crippen LogP contribution in [0.5, 0.6) is 0 Å². The highest BCUT2D eigenvalue weighted by Gasteiger charge is 2.38. The fourth-order valence-corrected chi connectivity index (χ4v) is 3.92. The van der Waals surface area contributed by atoms with Gasteiger partial charge in [-0.25, -0.2) is 13.4 Å². The molecule has 0 bridgehead atoms. The zero-order valence-corrected chi connectivity index (χ0v) is 17.1. The van der Waals surface area contributed by atoms with E-state index in [4.69, 9.17) is 4.43 Å². The third-order valence-corrected chi connectivity index (χ3v) is 10.2. The lowest BCUT2D eigenvalue weighted by Gasteiger charge is -2.38. The highest BCUT2D eigenvalue weighted by Crippen LogP contribution is 2.37. The van der Waals surface area contributed by atoms with Gasteiger partial charge in [-0.15, -0.1) is 0 Å². The lowest BCUT2D eigenvalue weighted by molar-refractivity contribution is 0.199. The number of hydrogen-bond acceptors (Lipinski definition) is 4. The van der Waals surface area contributed by atoms with Gasteiger partial charge in [0, 0.05) is 12.3 Å². The van der Waals surface area contributed by atoms with E-state index in [0.29, 0.717) is 5.82 Å². The first-order valence-corrected chi connectivity index (χ1v) is 12.6. The predicted octanol–water partition coefficient (Wildman–Crippen LogP) is 3.80. The first-order chi connectivity index (χ1) is 10.4. The lowest BCUT2D eigenvalue weighted by Crippen LogP contribution is -2.43. The van der Waals surface area contributed by atoms with Crippen LogP contribution in [0.2, 0.25) is 18.1 Å². The standard InChI is InChI=1S/C16H30N2O3SSi/c1-8-22(19,20)18-15-10-9-14(12-17-15)11-13(2)21-23(6,7)16(3,4)5/h9-10,12-13H,8,11H2,1-7H3,(H,17,18). The predicted molar refractivity (Wildman–Crippen MR) is 98.8 cm³/mol. The van der Waals surface area contributed by atoms with E-state index in [1.54, 1.807) is 19.2 Å². The normalized spacial score (nSPS) is 14.6. The highest BCUT2D eigenvalue weighted by molar-refractivity contribution is 7.92. The van der Waals surface area contributed by atoms with Crippen molar-refractivity contribution in [3.05, 3.63) is 23.9 Å². The van der Waals surface area contributed by atoms with Gasteiger partial charge in [-0.3, -0.25) is 4.72 Å². The Kier molecular flexibility index (Phi) is 6.40. The smallest absolute Gasteiger partial charge is 0.233 e. The van der Waals surface area contributed by atoms with E-state index >= 15 is 0 Å². The van der Waals surface area contributed by atoms with Gasteiger partial charge in [0.2, 0.25) is 10.0 Å². The Morgan fingerprint density at radius 1 is 1.30 bits per heavy atom. The van der Waals surface area contributed by atoms with E-state index in [-0.39, 0.29) is 16.9 Å². The van der Waals surface area contributed by atoms with Crippen molar-refractivity contribution in [3.8, 4) is 0 Å². The van der Waals surface area contributed by atoms with Crippen LogP contribution in [0.25, 0.3) is 0 Å². The van der Waals surface area contributed by atoms with Crippen molar-refractivity contribution in [2.24, 2.45) is 0 Å². The molecule has 1 N–H and O–H groups in total. The zero-order chi connectivity index (χ0) is 17.9. The van der Waals surface area contributed by atoms with Crippen LogP contribution in [0, 0.1) is 0 Å². The maximum atomic E-state index is 11.5. The third kappa shape index (κ3) is 6.23. The number of anilines is 1. The summed E-state index contributed by atoms with van der Waals surface area (Å²) in [6.45, 7) is 14.8. The topological polar surface area (TPSA) is 68.3 Å². The summed E-state index contributed by atoms with van der Waals surface area (Å²) in [5.41, 5.74) is 1.04. The van der Waals surface area contributed by atoms with Crippen molar-refractivity contribution >= 4 is 24.2 Å². The number of aromatic nitrogens is 1. The molecule has 0 amide bonds. The summed E-state index contributed by atoms with van der Waals surface area (Å²) in [6.07, 6.45) is 2.58. The van der Waals surface area contributed by atoms with Gasteiger partial charge < -0.3 is 4.43 Å². The molecule has 1 atom stereocenters. The average molecular weight is 359 g/mol. The molecule has 0 aliphatic carbocycles. The maximum Gasteiger partial charge on any atom is 0.233 e. The summed E-state index contributed by atoms with van der Waals surface area (Å²) in [5, 5.41) is 0.182. The first kappa shape index (κ1) is 20.1. The molecule has 5 nitrogen and oxygen atoms in total. The number of nitrogens with zero attached hydrogens (tertiary/aromatic N) is 1. The van der Waals surface area contributed by atoms with Gasteiger partial charge in [0.15, 0.2) is 8.32 Å². The van der Waals surface area contributed by atoms with Crippen LogP contribution >= 0.6 is 0 Å². The second-order valence-electron chi connectivity index (χ2n) is 7.45. The summed E-state index contributed by atoms with van der Waals surface area (Å²) < 4.78 is 31.8. The number of nitrogens with one attached hydrogen (secondary N) is 1. The Morgan fingerprint density at radius 2 is 1.91 bits per heavy atom. The molecule has 0 saturated heterocycles. The Labute approximate surface area is 142 Å². The molecule has 132 valence electrons. The van der Waals surface area contributed by atoms with E-state index in [2.05, 4.69) is 50.5 Å². The maximum absolute atomic E-state index is 11.5. The van der Waals surface area contributed by atoms with E-state index in [1.165, 1.54) is 0 Å². The van der Waals surface area contributed by atoms with Crippen molar-refractivity contribution in [1.82, 2.24) is 4.98 Å². The van der Waals surface area contributed by atoms with Crippen LogP contribution in [0.4, 0.5) is 5.82 Å². The monoisotopic (exact) mass is 358 g/mol. The lowest BCUT2D eigenvalue weighted by atomic mass is 10.1. The second-order valence-corrected chi connectivity index (χ2v) is 14.2. The van der Waals surface area contributed by atoms with Crippen molar-refractivity contribution in [2.75, 3.05) is 10.5 Å². The van der Waals surface area contributed by atoms with E-state index < -0.39 is 18.3 Å². The van der Waals surface area contributed by atoms with Crippen LogP contribution in [0.15, 0.2) is 18.3 Å². The van der Waals surface area contributed by atoms with Crippen molar-refractivity contribution < 1.29 is 12.8 Å². The number of rotatable bonds is 7. The quantitative estimate of drug-likeness (QED) is 0.753. The molecule has 7 heteroatoms. The SMILES string of the molecule is CCS(=O)(=O)Nc1ccc(CC(C)O[Si](C)(C)C(C)(C)C)cn1. The third-order valence-electron chi connectivity index (χ3n) is 4.29. The fraction of sp³-hybridized carbons (Fsp3) is 0.688. The minimum atomic E-state index is -3.28. The Hall–Kier alpha value is -0.923. The van der Waals surface area contributed by atoms with Gasteiger partial charge in [0.05, 0.1) is 5.75 Å². The molecule has 1 rings (SSSR count). The van der Waals surface area contributed by atoms with E-state index in [9.17, 15) is 8.42 Å². The molecule has 0 aliphatic rings. The summed E-state index contributed by atoms with van der Waals surface area (Å²) in [5.74, 6) is 0.391. The largest absolute Gasteiger partial charge is 0.414 e. The van der Waals surface area contributed by atoms with Crippen LogP contribution in [0.3, 0.4) is 0 Å². The molecule has 23 heavy (non-hydrogen) atoms. The van der Waals surface area contributed by atoms with Crippen molar-refractivity contribution in [3.63, 3.8) is 0 Å². The van der Waals surface area contributed by atoms with Crippen LogP contribution in [0.1, 0.15) is 40.2 Å². The summed E-state index contributed by atoms with van der Waals surface area (Å²) in [7, 11) is -5.06. The number of hydrogen-bond donors (Lipinski definition) is 1. The molecule has 0 spiro atoms. The second kappa shape index (κ2) is 7.32. The fourth-order valence-electron chi connectivity index (χ4n) is 1.89. The number of sulfonamides is 1. The molecule has 0 fully saturated rings. The molecular weight excluding hydrogens is 328 g/mol. The minimum Gasteiger partial charge on any atom is -0.414 e. The molecule has 0 saturated carbocycles. The molecular formula is C16H30N2O3SSi. The Balaban J connectivity index is 2.68. The molecule has 1 unspecified atom stereocenters. The van der Waals surface area contributed by atoms with Gasteiger partial charge in [0.1, 0.15) is 5.82 Å². The van der Waals surface area contributed by atoms with E-state index in [1.807, 2.05) is 6.07 Å². The van der Waals surface area contributed by atoms with Gasteiger partial charge in [-0.2, -0.15) is 0 Å². The van der Waals surface area contributed by atoms with E-state index in [0.717, 1.165) is 12.0 Å². The minimum absolute atomic E-state index is 0.0355. The number of pyridine rings is 1. The molecule has 1 aromatic heterocycles. The molecule has 0 aromatic carbocycles. The molecule has 0 aliphatic heterocycles. The zero-order valence-electron chi connectivity index (χ0n) is 15.3.